The van der Waals surface area contributed by atoms with E-state index in [9.17, 15) is 0 Å². The van der Waals surface area contributed by atoms with E-state index in [-0.39, 0.29) is 0 Å². The first-order valence-corrected chi connectivity index (χ1v) is 6.36. The summed E-state index contributed by atoms with van der Waals surface area (Å²) in [7, 11) is 0. The van der Waals surface area contributed by atoms with E-state index in [2.05, 4.69) is 4.90 Å². The van der Waals surface area contributed by atoms with Gasteiger partial charge in [-0.2, -0.15) is 0 Å². The third kappa shape index (κ3) is 2.73. The first-order chi connectivity index (χ1) is 6.86. The van der Waals surface area contributed by atoms with E-state index in [4.69, 9.17) is 6.92 Å². The zero-order valence-electron chi connectivity index (χ0n) is 9.25. The number of hydrogen-bond acceptors (Lipinski definition) is 1. The predicted octanol–water partition coefficient (Wildman–Crippen LogP) is 3.13. The van der Waals surface area contributed by atoms with Gasteiger partial charge in [0.2, 0.25) is 0 Å². The lowest BCUT2D eigenvalue weighted by Crippen LogP contribution is -2.33. The summed E-state index contributed by atoms with van der Waals surface area (Å²) < 4.78 is 0. The van der Waals surface area contributed by atoms with Crippen LogP contribution in [0.2, 0.25) is 0 Å². The second-order valence-electron chi connectivity index (χ2n) is 5.04. The Morgan fingerprint density at radius 1 is 0.857 bits per heavy atom. The molecule has 1 unspecified atom stereocenters. The van der Waals surface area contributed by atoms with Gasteiger partial charge in [0.05, 0.1) is 0 Å². The van der Waals surface area contributed by atoms with Crippen molar-refractivity contribution in [3.05, 3.63) is 6.92 Å². The van der Waals surface area contributed by atoms with Crippen molar-refractivity contribution in [1.82, 2.24) is 4.90 Å². The van der Waals surface area contributed by atoms with E-state index >= 15 is 0 Å². The van der Waals surface area contributed by atoms with Crippen LogP contribution >= 0.6 is 0 Å². The number of hydrogen-bond donors (Lipinski definition) is 0. The molecule has 0 bridgehead atoms. The van der Waals surface area contributed by atoms with Gasteiger partial charge in [-0.05, 0) is 38.6 Å². The quantitative estimate of drug-likeness (QED) is 0.618. The summed E-state index contributed by atoms with van der Waals surface area (Å²) in [6.45, 7) is 8.37. The average Bonchev–Trinajstić information content (AvgIpc) is 2.51. The minimum absolute atomic E-state index is 0.459. The van der Waals surface area contributed by atoms with E-state index in [0.717, 1.165) is 12.6 Å². The van der Waals surface area contributed by atoms with Crippen LogP contribution in [0.3, 0.4) is 0 Å². The van der Waals surface area contributed by atoms with Crippen LogP contribution < -0.4 is 0 Å². The molecule has 1 aliphatic carbocycles. The van der Waals surface area contributed by atoms with E-state index in [1.54, 1.807) is 0 Å². The van der Waals surface area contributed by atoms with Crippen molar-refractivity contribution < 1.29 is 0 Å². The van der Waals surface area contributed by atoms with Crippen LogP contribution in [0.4, 0.5) is 0 Å². The van der Waals surface area contributed by atoms with Gasteiger partial charge < -0.3 is 4.90 Å². The SMILES string of the molecule is [CH]C1CCN(C2CCCCCCC2)C1. The van der Waals surface area contributed by atoms with Crippen LogP contribution in [-0.2, 0) is 0 Å². The highest BCUT2D eigenvalue weighted by Crippen LogP contribution is 2.26. The maximum absolute atomic E-state index is 5.96. The molecule has 1 heteroatoms. The molecular formula is C13H23N. The van der Waals surface area contributed by atoms with Crippen LogP contribution in [0.15, 0.2) is 0 Å². The normalized spacial score (nSPS) is 32.8. The minimum atomic E-state index is 0.459. The van der Waals surface area contributed by atoms with Gasteiger partial charge in [0, 0.05) is 12.6 Å². The molecule has 0 amide bonds. The Kier molecular flexibility index (Phi) is 3.86. The lowest BCUT2D eigenvalue weighted by molar-refractivity contribution is 0.199. The number of nitrogens with zero attached hydrogens (tertiary/aromatic N) is 1. The van der Waals surface area contributed by atoms with Crippen molar-refractivity contribution in [3.63, 3.8) is 0 Å². The van der Waals surface area contributed by atoms with Gasteiger partial charge in [-0.15, -0.1) is 0 Å². The Labute approximate surface area is 88.9 Å². The minimum Gasteiger partial charge on any atom is -0.300 e. The Morgan fingerprint density at radius 3 is 2.07 bits per heavy atom. The van der Waals surface area contributed by atoms with Gasteiger partial charge in [-0.25, -0.2) is 0 Å². The van der Waals surface area contributed by atoms with Crippen molar-refractivity contribution >= 4 is 0 Å². The fraction of sp³-hybridized carbons (Fsp3) is 0.923. The summed E-state index contributed by atoms with van der Waals surface area (Å²) in [6, 6.07) is 0.865. The van der Waals surface area contributed by atoms with Crippen molar-refractivity contribution in [3.8, 4) is 0 Å². The molecule has 0 spiro atoms. The molecule has 2 fully saturated rings. The molecule has 1 saturated heterocycles. The van der Waals surface area contributed by atoms with Crippen LogP contribution in [0.25, 0.3) is 0 Å². The Hall–Kier alpha value is -0.0400. The van der Waals surface area contributed by atoms with E-state index in [1.807, 2.05) is 0 Å². The van der Waals surface area contributed by atoms with Crippen LogP contribution in [0.1, 0.15) is 51.4 Å². The van der Waals surface area contributed by atoms with Crippen molar-refractivity contribution in [2.24, 2.45) is 5.92 Å². The largest absolute Gasteiger partial charge is 0.300 e. The molecule has 1 saturated carbocycles. The van der Waals surface area contributed by atoms with Crippen LogP contribution in [-0.4, -0.2) is 24.0 Å². The predicted molar refractivity (Wildman–Crippen MR) is 60.1 cm³/mol. The summed E-state index contributed by atoms with van der Waals surface area (Å²) >= 11 is 0. The molecule has 0 aromatic carbocycles. The zero-order chi connectivity index (χ0) is 9.80. The fourth-order valence-electron chi connectivity index (χ4n) is 2.95. The second kappa shape index (κ2) is 5.16. The summed E-state index contributed by atoms with van der Waals surface area (Å²) in [6.07, 6.45) is 11.3. The highest BCUT2D eigenvalue weighted by Gasteiger charge is 2.25. The van der Waals surface area contributed by atoms with E-state index in [0.29, 0.717) is 5.92 Å². The smallest absolute Gasteiger partial charge is 0.00953 e. The standard InChI is InChI=1S/C13H23N/c1-12-9-10-14(11-12)13-7-5-3-2-4-6-8-13/h1,12-13H,2-11H2. The van der Waals surface area contributed by atoms with Crippen molar-refractivity contribution in [1.29, 1.82) is 0 Å². The topological polar surface area (TPSA) is 3.24 Å². The highest BCUT2D eigenvalue weighted by molar-refractivity contribution is 4.83. The van der Waals surface area contributed by atoms with Gasteiger partial charge in [0.1, 0.15) is 0 Å². The first kappa shape index (κ1) is 10.5. The third-order valence-electron chi connectivity index (χ3n) is 3.85. The lowest BCUT2D eigenvalue weighted by atomic mass is 9.96. The summed E-state index contributed by atoms with van der Waals surface area (Å²) in [5.41, 5.74) is 0. The van der Waals surface area contributed by atoms with Crippen molar-refractivity contribution in [2.45, 2.75) is 57.4 Å². The summed E-state index contributed by atoms with van der Waals surface area (Å²) in [4.78, 5) is 2.65. The van der Waals surface area contributed by atoms with Crippen LogP contribution in [0, 0.1) is 12.8 Å². The summed E-state index contributed by atoms with van der Waals surface area (Å²) in [5.74, 6) is 0.459. The molecule has 1 nitrogen and oxygen atoms in total. The fourth-order valence-corrected chi connectivity index (χ4v) is 2.95. The van der Waals surface area contributed by atoms with Gasteiger partial charge in [-0.3, -0.25) is 0 Å². The molecule has 1 heterocycles. The van der Waals surface area contributed by atoms with Gasteiger partial charge in [0.25, 0.3) is 0 Å². The number of rotatable bonds is 1. The van der Waals surface area contributed by atoms with Gasteiger partial charge in [-0.1, -0.05) is 32.1 Å². The Morgan fingerprint density at radius 2 is 1.50 bits per heavy atom. The molecule has 14 heavy (non-hydrogen) atoms. The average molecular weight is 193 g/mol. The molecule has 2 radical (unpaired) electrons. The van der Waals surface area contributed by atoms with Crippen molar-refractivity contribution in [2.75, 3.05) is 13.1 Å². The van der Waals surface area contributed by atoms with E-state index < -0.39 is 0 Å². The Balaban J connectivity index is 1.81. The van der Waals surface area contributed by atoms with Gasteiger partial charge in [0.15, 0.2) is 0 Å². The second-order valence-corrected chi connectivity index (χ2v) is 5.04. The monoisotopic (exact) mass is 193 g/mol. The first-order valence-electron chi connectivity index (χ1n) is 6.36. The molecule has 1 atom stereocenters. The Bertz CT molecular complexity index is 159. The van der Waals surface area contributed by atoms with E-state index in [1.165, 1.54) is 57.9 Å². The maximum Gasteiger partial charge on any atom is 0.00953 e. The molecule has 2 rings (SSSR count). The highest BCUT2D eigenvalue weighted by atomic mass is 15.2. The number of likely N-dealkylation sites (tertiary alicyclic amines) is 1. The molecular weight excluding hydrogens is 170 g/mol. The molecule has 2 aliphatic rings. The molecule has 0 N–H and O–H groups in total. The lowest BCUT2D eigenvalue weighted by Gasteiger charge is -2.29. The van der Waals surface area contributed by atoms with Crippen LogP contribution in [0.5, 0.6) is 0 Å². The molecule has 80 valence electrons. The maximum atomic E-state index is 5.96. The molecule has 0 aromatic heterocycles. The summed E-state index contributed by atoms with van der Waals surface area (Å²) in [5, 5.41) is 0. The molecule has 1 aliphatic heterocycles. The molecule has 0 aromatic rings. The third-order valence-corrected chi connectivity index (χ3v) is 3.85. The zero-order valence-corrected chi connectivity index (χ0v) is 9.25. The van der Waals surface area contributed by atoms with Gasteiger partial charge >= 0.3 is 0 Å².